The molecule has 0 saturated heterocycles. The zero-order valence-corrected chi connectivity index (χ0v) is 13.7. The van der Waals surface area contributed by atoms with Crippen molar-refractivity contribution in [3.63, 3.8) is 0 Å². The molecule has 6 nitrogen and oxygen atoms in total. The van der Waals surface area contributed by atoms with Crippen molar-refractivity contribution in [3.8, 4) is 17.3 Å². The summed E-state index contributed by atoms with van der Waals surface area (Å²) in [6, 6.07) is 11.8. The zero-order valence-electron chi connectivity index (χ0n) is 12.9. The number of pyridine rings is 1. The molecule has 0 radical (unpaired) electrons. The molecule has 1 aromatic carbocycles. The van der Waals surface area contributed by atoms with Gasteiger partial charge in [0.05, 0.1) is 0 Å². The summed E-state index contributed by atoms with van der Waals surface area (Å²) in [5.41, 5.74) is 2.17. The van der Waals surface area contributed by atoms with Gasteiger partial charge in [0, 0.05) is 42.8 Å². The first-order valence-electron chi connectivity index (χ1n) is 7.44. The molecule has 0 aliphatic carbocycles. The molecular formula is C17H17ClN4O2. The summed E-state index contributed by atoms with van der Waals surface area (Å²) in [7, 11) is 0. The average molecular weight is 345 g/mol. The van der Waals surface area contributed by atoms with Crippen molar-refractivity contribution in [2.45, 2.75) is 13.1 Å². The first-order valence-corrected chi connectivity index (χ1v) is 7.44. The van der Waals surface area contributed by atoms with E-state index >= 15 is 0 Å². The van der Waals surface area contributed by atoms with Gasteiger partial charge in [-0.05, 0) is 18.2 Å². The largest absolute Gasteiger partial charge is 0.454 e. The summed E-state index contributed by atoms with van der Waals surface area (Å²) >= 11 is 0. The zero-order chi connectivity index (χ0) is 15.5. The third-order valence-corrected chi connectivity index (χ3v) is 3.70. The molecule has 3 aromatic rings. The monoisotopic (exact) mass is 344 g/mol. The van der Waals surface area contributed by atoms with Gasteiger partial charge in [0.25, 0.3) is 0 Å². The van der Waals surface area contributed by atoms with Crippen LogP contribution in [0.15, 0.2) is 55.0 Å². The molecule has 124 valence electrons. The second kappa shape index (κ2) is 7.33. The summed E-state index contributed by atoms with van der Waals surface area (Å²) in [5.74, 6) is 2.48. The van der Waals surface area contributed by atoms with Gasteiger partial charge in [-0.15, -0.1) is 12.4 Å². The van der Waals surface area contributed by atoms with Crippen molar-refractivity contribution in [3.05, 3.63) is 66.1 Å². The molecule has 1 N–H and O–H groups in total. The average Bonchev–Trinajstić information content (AvgIpc) is 3.27. The molecule has 0 atom stereocenters. The Labute approximate surface area is 145 Å². The number of nitrogens with zero attached hydrogens (tertiary/aromatic N) is 3. The van der Waals surface area contributed by atoms with Gasteiger partial charge in [-0.1, -0.05) is 18.2 Å². The van der Waals surface area contributed by atoms with Gasteiger partial charge < -0.3 is 14.8 Å². The van der Waals surface area contributed by atoms with E-state index in [9.17, 15) is 0 Å². The molecule has 4 rings (SSSR count). The van der Waals surface area contributed by atoms with Gasteiger partial charge in [0.1, 0.15) is 0 Å². The minimum atomic E-state index is 0. The van der Waals surface area contributed by atoms with Crippen LogP contribution in [0.1, 0.15) is 11.1 Å². The molecule has 0 amide bonds. The van der Waals surface area contributed by atoms with Crippen LogP contribution in [-0.4, -0.2) is 21.6 Å². The van der Waals surface area contributed by atoms with E-state index in [1.165, 1.54) is 0 Å². The molecular weight excluding hydrogens is 328 g/mol. The van der Waals surface area contributed by atoms with Crippen LogP contribution in [0.2, 0.25) is 0 Å². The summed E-state index contributed by atoms with van der Waals surface area (Å²) in [4.78, 5) is 4.42. The molecule has 0 fully saturated rings. The van der Waals surface area contributed by atoms with Crippen LogP contribution in [0, 0.1) is 0 Å². The highest BCUT2D eigenvalue weighted by atomic mass is 35.5. The van der Waals surface area contributed by atoms with E-state index in [0.717, 1.165) is 28.4 Å². The van der Waals surface area contributed by atoms with Crippen molar-refractivity contribution < 1.29 is 9.47 Å². The number of fused-ring (bicyclic) bond motifs is 1. The fourth-order valence-corrected chi connectivity index (χ4v) is 2.63. The minimum Gasteiger partial charge on any atom is -0.454 e. The predicted octanol–water partition coefficient (Wildman–Crippen LogP) is 2.71. The number of hydrogen-bond acceptors (Lipinski definition) is 5. The highest BCUT2D eigenvalue weighted by molar-refractivity contribution is 5.85. The van der Waals surface area contributed by atoms with Crippen molar-refractivity contribution in [1.82, 2.24) is 20.1 Å². The number of halogens is 1. The highest BCUT2D eigenvalue weighted by Gasteiger charge is 2.16. The number of benzene rings is 1. The van der Waals surface area contributed by atoms with E-state index in [4.69, 9.17) is 9.47 Å². The Balaban J connectivity index is 0.00000169. The van der Waals surface area contributed by atoms with E-state index in [-0.39, 0.29) is 12.4 Å². The molecule has 0 bridgehead atoms. The predicted molar refractivity (Wildman–Crippen MR) is 91.7 cm³/mol. The number of nitrogens with one attached hydrogen (secondary N) is 1. The van der Waals surface area contributed by atoms with Gasteiger partial charge in [0.2, 0.25) is 6.79 Å². The van der Waals surface area contributed by atoms with Crippen LogP contribution in [0.4, 0.5) is 0 Å². The van der Waals surface area contributed by atoms with Crippen LogP contribution >= 0.6 is 12.4 Å². The van der Waals surface area contributed by atoms with Gasteiger partial charge in [-0.25, -0.2) is 9.67 Å². The topological polar surface area (TPSA) is 61.2 Å². The maximum Gasteiger partial charge on any atom is 0.231 e. The van der Waals surface area contributed by atoms with Gasteiger partial charge in [0.15, 0.2) is 17.3 Å². The Morgan fingerprint density at radius 3 is 2.75 bits per heavy atom. The van der Waals surface area contributed by atoms with Crippen LogP contribution in [0.25, 0.3) is 5.82 Å². The lowest BCUT2D eigenvalue weighted by Gasteiger charge is -2.10. The second-order valence-corrected chi connectivity index (χ2v) is 5.19. The first kappa shape index (κ1) is 16.3. The van der Waals surface area contributed by atoms with Crippen molar-refractivity contribution in [2.24, 2.45) is 0 Å². The lowest BCUT2D eigenvalue weighted by Crippen LogP contribution is -2.15. The Kier molecular flexibility index (Phi) is 4.98. The molecule has 1 aliphatic rings. The summed E-state index contributed by atoms with van der Waals surface area (Å²) in [6.07, 6.45) is 5.41. The molecule has 0 saturated carbocycles. The minimum absolute atomic E-state index is 0. The third-order valence-electron chi connectivity index (χ3n) is 3.70. The quantitative estimate of drug-likeness (QED) is 0.771. The molecule has 24 heavy (non-hydrogen) atoms. The lowest BCUT2D eigenvalue weighted by molar-refractivity contribution is 0.173. The van der Waals surface area contributed by atoms with E-state index in [0.29, 0.717) is 19.9 Å². The number of para-hydroxylation sites is 1. The van der Waals surface area contributed by atoms with Gasteiger partial charge in [-0.3, -0.25) is 0 Å². The van der Waals surface area contributed by atoms with Crippen LogP contribution in [0.3, 0.4) is 0 Å². The third kappa shape index (κ3) is 3.20. The Morgan fingerprint density at radius 1 is 1.00 bits per heavy atom. The van der Waals surface area contributed by atoms with Gasteiger partial charge in [-0.2, -0.15) is 5.10 Å². The molecule has 0 unspecified atom stereocenters. The SMILES string of the molecule is Cl.c1cnc(-n2cccn2)c(CNCc2cccc3c2OCO3)c1. The Morgan fingerprint density at radius 2 is 1.88 bits per heavy atom. The van der Waals surface area contributed by atoms with Gasteiger partial charge >= 0.3 is 0 Å². The van der Waals surface area contributed by atoms with Crippen LogP contribution in [-0.2, 0) is 13.1 Å². The fourth-order valence-electron chi connectivity index (χ4n) is 2.63. The van der Waals surface area contributed by atoms with E-state index in [1.54, 1.807) is 17.1 Å². The molecule has 7 heteroatoms. The van der Waals surface area contributed by atoms with Crippen LogP contribution < -0.4 is 14.8 Å². The maximum atomic E-state index is 5.53. The molecule has 0 spiro atoms. The van der Waals surface area contributed by atoms with E-state index in [1.807, 2.05) is 42.6 Å². The summed E-state index contributed by atoms with van der Waals surface area (Å²) < 4.78 is 12.7. The fraction of sp³-hybridized carbons (Fsp3) is 0.176. The molecule has 1 aliphatic heterocycles. The van der Waals surface area contributed by atoms with Crippen molar-refractivity contribution in [2.75, 3.05) is 6.79 Å². The van der Waals surface area contributed by atoms with Crippen molar-refractivity contribution >= 4 is 12.4 Å². The van der Waals surface area contributed by atoms with E-state index in [2.05, 4.69) is 15.4 Å². The van der Waals surface area contributed by atoms with E-state index < -0.39 is 0 Å². The standard InChI is InChI=1S/C17H16N4O2.ClH/c1-4-13(16-15(6-1)22-12-23-16)10-18-11-14-5-2-7-19-17(14)21-9-3-8-20-21;/h1-9,18H,10-12H2;1H. The molecule has 3 heterocycles. The Hall–Kier alpha value is -2.57. The number of rotatable bonds is 5. The first-order chi connectivity index (χ1) is 11.4. The Bertz CT molecular complexity index is 808. The maximum absolute atomic E-state index is 5.53. The highest BCUT2D eigenvalue weighted by Crippen LogP contribution is 2.35. The normalized spacial score (nSPS) is 12.0. The van der Waals surface area contributed by atoms with Crippen molar-refractivity contribution in [1.29, 1.82) is 0 Å². The number of ether oxygens (including phenoxy) is 2. The summed E-state index contributed by atoms with van der Waals surface area (Å²) in [5, 5.41) is 7.68. The second-order valence-electron chi connectivity index (χ2n) is 5.19. The molecule has 2 aromatic heterocycles. The summed E-state index contributed by atoms with van der Waals surface area (Å²) in [6.45, 7) is 1.67. The lowest BCUT2D eigenvalue weighted by atomic mass is 10.2. The number of hydrogen-bond donors (Lipinski definition) is 1. The van der Waals surface area contributed by atoms with Crippen LogP contribution in [0.5, 0.6) is 11.5 Å². The smallest absolute Gasteiger partial charge is 0.231 e. The number of aromatic nitrogens is 3.